The number of hydrogen-bond donors (Lipinski definition) is 0. The van der Waals surface area contributed by atoms with Gasteiger partial charge in [0.25, 0.3) is 0 Å². The Morgan fingerprint density at radius 2 is 1.27 bits per heavy atom. The molecule has 0 fully saturated rings. The second kappa shape index (κ2) is 11.2. The van der Waals surface area contributed by atoms with Crippen LogP contribution in [0.2, 0.25) is 0 Å². The molecule has 0 atom stereocenters. The van der Waals surface area contributed by atoms with E-state index in [1.807, 2.05) is 0 Å². The van der Waals surface area contributed by atoms with Crippen LogP contribution in [0, 0.1) is 20.8 Å². The van der Waals surface area contributed by atoms with E-state index in [9.17, 15) is 0 Å². The zero-order chi connectivity index (χ0) is 25.6. The fraction of sp³-hybridized carbons (Fsp3) is 0.281. The predicted molar refractivity (Wildman–Crippen MR) is 170 cm³/mol. The molecule has 3 aromatic rings. The average molecular weight is 590 g/mol. The van der Waals surface area contributed by atoms with Crippen molar-refractivity contribution < 1.29 is 18.5 Å². The van der Waals surface area contributed by atoms with Gasteiger partial charge in [0.15, 0.2) is 0 Å². The van der Waals surface area contributed by atoms with Gasteiger partial charge in [-0.25, -0.2) is 0 Å². The molecular formula is C32H42Cl2OSiTi. The van der Waals surface area contributed by atoms with Crippen LogP contribution < -0.4 is 16.2 Å². The van der Waals surface area contributed by atoms with E-state index >= 15 is 0 Å². The average Bonchev–Trinajstić information content (AvgIpc) is 3.28. The standard InChI is InChI=1S/C13H22OSi.C6H7.2C6H5.CH2.2ClH.Ti/c1-7-8(2)10(13(4,5)6)12(15)11(14)9(7)3;1-6-4-2-3-5-6;2*1-2-4-6-5-3-1;;;;/h14H,1-6,15H3;2,4H,3H2,1H3;2*1-5H;1H2;2*1H;/q;;;;;;;+1/p-1. The van der Waals surface area contributed by atoms with Crippen LogP contribution in [0.25, 0.3) is 0 Å². The Hall–Kier alpha value is -1.68. The zero-order valence-electron chi connectivity index (χ0n) is 23.6. The first-order chi connectivity index (χ1) is 16.4. The van der Waals surface area contributed by atoms with E-state index in [1.165, 1.54) is 44.6 Å². The van der Waals surface area contributed by atoms with Crippen molar-refractivity contribution in [3.8, 4) is 5.75 Å². The van der Waals surface area contributed by atoms with Crippen LogP contribution in [0.5, 0.6) is 5.75 Å². The van der Waals surface area contributed by atoms with Crippen molar-refractivity contribution in [2.75, 3.05) is 0 Å². The summed E-state index contributed by atoms with van der Waals surface area (Å²) >= 11 is -4.52. The Bertz CT molecular complexity index is 1370. The van der Waals surface area contributed by atoms with Gasteiger partial charge in [0.05, 0.1) is 0 Å². The Balaban J connectivity index is 0.00000241. The van der Waals surface area contributed by atoms with Crippen LogP contribution >= 0.6 is 24.8 Å². The first-order valence-electron chi connectivity index (χ1n) is 12.7. The first-order valence-corrected chi connectivity index (χ1v) is 17.8. The number of hydrogen-bond acceptors (Lipinski definition) is 1. The van der Waals surface area contributed by atoms with Crippen molar-refractivity contribution in [3.05, 3.63) is 105 Å². The molecule has 0 heterocycles. The second-order valence-electron chi connectivity index (χ2n) is 11.4. The number of benzene rings is 3. The zero-order valence-corrected chi connectivity index (χ0v) is 28.8. The topological polar surface area (TPSA) is 9.23 Å². The summed E-state index contributed by atoms with van der Waals surface area (Å²) in [6.45, 7) is 16.0. The molecule has 1 aliphatic carbocycles. The minimum atomic E-state index is -4.52. The molecule has 0 saturated heterocycles. The second-order valence-corrected chi connectivity index (χ2v) is 19.7. The summed E-state index contributed by atoms with van der Waals surface area (Å²) in [4.78, 5) is 5.28. The van der Waals surface area contributed by atoms with Crippen LogP contribution in [0.1, 0.15) is 56.4 Å². The maximum atomic E-state index is 7.77. The Morgan fingerprint density at radius 1 is 0.784 bits per heavy atom. The molecule has 0 spiro atoms. The molecule has 0 unspecified atom stereocenters. The minimum absolute atomic E-state index is 0. The fourth-order valence-corrected chi connectivity index (χ4v) is 16.7. The third-order valence-electron chi connectivity index (χ3n) is 8.21. The van der Waals surface area contributed by atoms with Crippen molar-refractivity contribution >= 4 is 52.8 Å². The molecule has 5 heteroatoms. The molecule has 0 N–H and O–H groups in total. The van der Waals surface area contributed by atoms with Gasteiger partial charge in [-0.05, 0) is 0 Å². The predicted octanol–water partition coefficient (Wildman–Crippen LogP) is 6.04. The van der Waals surface area contributed by atoms with E-state index in [0.717, 1.165) is 22.4 Å². The number of halogens is 2. The summed E-state index contributed by atoms with van der Waals surface area (Å²) in [6.07, 6.45) is 5.43. The fourth-order valence-electron chi connectivity index (χ4n) is 6.34. The summed E-state index contributed by atoms with van der Waals surface area (Å²) in [5, 5.41) is 1.38. The van der Waals surface area contributed by atoms with Crippen LogP contribution in [0.15, 0.2) is 82.3 Å². The van der Waals surface area contributed by atoms with E-state index in [1.54, 1.807) is 0 Å². The third-order valence-corrected chi connectivity index (χ3v) is 18.0. The molecule has 0 aliphatic heterocycles. The Kier molecular flexibility index (Phi) is 9.55. The molecule has 198 valence electrons. The number of rotatable bonds is 5. The van der Waals surface area contributed by atoms with Crippen molar-refractivity contribution in [2.24, 2.45) is 0 Å². The van der Waals surface area contributed by atoms with Crippen molar-refractivity contribution in [1.29, 1.82) is 0 Å². The Morgan fingerprint density at radius 3 is 1.68 bits per heavy atom. The molecule has 4 rings (SSSR count). The SMILES string of the molecule is Cl.Cl.[CH2]=[Ti]([O]c1c(C)c(C)c(C)c(C(C)(C)C)c1[SiH3])([C]1=C(C)C=CC1)([c]1ccccc1)[c]1ccccc1. The normalized spacial score (nSPS) is 13.8. The summed E-state index contributed by atoms with van der Waals surface area (Å²) in [7, 11) is 0.915. The van der Waals surface area contributed by atoms with Gasteiger partial charge in [-0.2, -0.15) is 0 Å². The van der Waals surface area contributed by atoms with Gasteiger partial charge < -0.3 is 0 Å². The van der Waals surface area contributed by atoms with Crippen molar-refractivity contribution in [1.82, 2.24) is 0 Å². The van der Waals surface area contributed by atoms with Crippen molar-refractivity contribution in [2.45, 2.75) is 60.3 Å². The molecule has 3 aromatic carbocycles. The van der Waals surface area contributed by atoms with Crippen LogP contribution in [0.4, 0.5) is 0 Å². The molecule has 1 aliphatic rings. The summed E-state index contributed by atoms with van der Waals surface area (Å²) < 4.78 is 11.6. The van der Waals surface area contributed by atoms with Gasteiger partial charge in [0.1, 0.15) is 0 Å². The van der Waals surface area contributed by atoms with Gasteiger partial charge in [-0.1, -0.05) is 0 Å². The molecule has 1 nitrogen and oxygen atoms in total. The molecular weight excluding hydrogens is 547 g/mol. The molecule has 37 heavy (non-hydrogen) atoms. The van der Waals surface area contributed by atoms with Gasteiger partial charge in [0.2, 0.25) is 0 Å². The van der Waals surface area contributed by atoms with Crippen LogP contribution in [-0.4, -0.2) is 15.1 Å². The maximum absolute atomic E-state index is 7.77. The molecule has 0 saturated carbocycles. The van der Waals surface area contributed by atoms with Crippen LogP contribution in [0.3, 0.4) is 0 Å². The van der Waals surface area contributed by atoms with E-state index < -0.39 is 15.2 Å². The Labute approximate surface area is 240 Å². The van der Waals surface area contributed by atoms with Crippen LogP contribution in [-0.2, 0) is 20.6 Å². The van der Waals surface area contributed by atoms with Gasteiger partial charge in [-0.15, -0.1) is 24.8 Å². The molecule has 0 aromatic heterocycles. The summed E-state index contributed by atoms with van der Waals surface area (Å²) in [5.41, 5.74) is 6.79. The van der Waals surface area contributed by atoms with E-state index in [2.05, 4.69) is 121 Å². The van der Waals surface area contributed by atoms with Crippen molar-refractivity contribution in [3.63, 3.8) is 0 Å². The number of allylic oxidation sites excluding steroid dienone is 4. The molecule has 0 amide bonds. The van der Waals surface area contributed by atoms with E-state index in [-0.39, 0.29) is 30.2 Å². The molecule has 0 bridgehead atoms. The third kappa shape index (κ3) is 5.04. The van der Waals surface area contributed by atoms with E-state index in [0.29, 0.717) is 0 Å². The quantitative estimate of drug-likeness (QED) is 0.330. The molecule has 0 radical (unpaired) electrons. The van der Waals surface area contributed by atoms with Gasteiger partial charge in [0, 0.05) is 0 Å². The summed E-state index contributed by atoms with van der Waals surface area (Å²) in [6, 6.07) is 21.8. The first kappa shape index (κ1) is 31.5. The monoisotopic (exact) mass is 588 g/mol. The van der Waals surface area contributed by atoms with Gasteiger partial charge >= 0.3 is 217 Å². The van der Waals surface area contributed by atoms with Gasteiger partial charge in [-0.3, -0.25) is 0 Å². The summed E-state index contributed by atoms with van der Waals surface area (Å²) in [5.74, 6) is 1.08. The van der Waals surface area contributed by atoms with E-state index in [4.69, 9.17) is 8.14 Å².